The van der Waals surface area contributed by atoms with Crippen LogP contribution in [0.15, 0.2) is 91.1 Å². The van der Waals surface area contributed by atoms with Crippen molar-refractivity contribution in [1.82, 2.24) is 20.0 Å². The average Bonchev–Trinajstić information content (AvgIpc) is 3.40. The molecule has 0 aliphatic heterocycles. The molecule has 0 aliphatic carbocycles. The van der Waals surface area contributed by atoms with Crippen LogP contribution in [0.25, 0.3) is 16.8 Å². The Hall–Kier alpha value is -4.52. The first-order chi connectivity index (χ1) is 17.8. The van der Waals surface area contributed by atoms with E-state index in [0.29, 0.717) is 23.5 Å². The Bertz CT molecular complexity index is 1520. The first-order valence-corrected chi connectivity index (χ1v) is 12.2. The monoisotopic (exact) mass is 491 g/mol. The van der Waals surface area contributed by atoms with E-state index in [4.69, 9.17) is 4.74 Å². The van der Waals surface area contributed by atoms with Gasteiger partial charge in [0, 0.05) is 28.6 Å². The van der Waals surface area contributed by atoms with E-state index in [1.807, 2.05) is 48.7 Å². The van der Waals surface area contributed by atoms with Gasteiger partial charge < -0.3 is 9.64 Å². The molecule has 2 heterocycles. The summed E-state index contributed by atoms with van der Waals surface area (Å²) in [5.41, 5.74) is 6.03. The highest BCUT2D eigenvalue weighted by Crippen LogP contribution is 2.29. The number of methoxy groups -OCH3 is 1. The van der Waals surface area contributed by atoms with E-state index in [1.165, 1.54) is 5.56 Å². The second-order valence-electron chi connectivity index (χ2n) is 9.98. The summed E-state index contributed by atoms with van der Waals surface area (Å²) in [6.07, 6.45) is 1.90. The topological polar surface area (TPSA) is 72.6 Å². The Morgan fingerprint density at radius 2 is 1.62 bits per heavy atom. The summed E-state index contributed by atoms with van der Waals surface area (Å²) in [4.78, 5) is 15.7. The molecular formula is C30H29N5O2. The van der Waals surface area contributed by atoms with Crippen LogP contribution in [0.1, 0.15) is 42.3 Å². The Kier molecular flexibility index (Phi) is 6.44. The number of hydrogen-bond donors (Lipinski definition) is 0. The lowest BCUT2D eigenvalue weighted by molar-refractivity contribution is 0.0985. The number of carbonyl (C=O) groups excluding carboxylic acids is 1. The first kappa shape index (κ1) is 24.2. The highest BCUT2D eigenvalue weighted by molar-refractivity contribution is 6.06. The number of aromatic nitrogens is 4. The molecule has 37 heavy (non-hydrogen) atoms. The minimum atomic E-state index is -0.123. The largest absolute Gasteiger partial charge is 0.497 e. The van der Waals surface area contributed by atoms with Crippen molar-refractivity contribution in [2.45, 2.75) is 32.7 Å². The number of benzene rings is 3. The molecule has 0 saturated heterocycles. The van der Waals surface area contributed by atoms with E-state index >= 15 is 0 Å². The molecule has 7 nitrogen and oxygen atoms in total. The van der Waals surface area contributed by atoms with Crippen molar-refractivity contribution in [3.8, 4) is 16.9 Å². The van der Waals surface area contributed by atoms with Crippen molar-refractivity contribution < 1.29 is 9.53 Å². The Balaban J connectivity index is 1.59. The fraction of sp³-hybridized carbons (Fsp3) is 0.200. The minimum absolute atomic E-state index is 0.00667. The van der Waals surface area contributed by atoms with Gasteiger partial charge in [0.15, 0.2) is 5.65 Å². The van der Waals surface area contributed by atoms with Crippen LogP contribution in [0.2, 0.25) is 0 Å². The molecule has 0 aliphatic rings. The number of fused-ring (bicyclic) bond motifs is 1. The Morgan fingerprint density at radius 3 is 2.27 bits per heavy atom. The van der Waals surface area contributed by atoms with Gasteiger partial charge in [0.25, 0.3) is 5.91 Å². The third-order valence-corrected chi connectivity index (χ3v) is 6.43. The van der Waals surface area contributed by atoms with Gasteiger partial charge in [-0.05, 0) is 69.4 Å². The van der Waals surface area contributed by atoms with E-state index in [2.05, 4.69) is 54.5 Å². The maximum Gasteiger partial charge on any atom is 0.258 e. The number of carbonyl (C=O) groups is 1. The van der Waals surface area contributed by atoms with Crippen molar-refractivity contribution in [2.24, 2.45) is 0 Å². The summed E-state index contributed by atoms with van der Waals surface area (Å²) in [5, 5.41) is 12.3. The van der Waals surface area contributed by atoms with Crippen LogP contribution in [0.5, 0.6) is 5.75 Å². The molecule has 2 aromatic heterocycles. The first-order valence-electron chi connectivity index (χ1n) is 12.2. The summed E-state index contributed by atoms with van der Waals surface area (Å²) >= 11 is 0. The zero-order valence-corrected chi connectivity index (χ0v) is 21.4. The number of hydrogen-bond acceptors (Lipinski definition) is 5. The summed E-state index contributed by atoms with van der Waals surface area (Å²) in [6, 6.07) is 27.4. The standard InChI is InChI=1S/C30H29N5O2/c1-30(2,3)25-12-14-26(15-13-25)34(29(36)22-10-16-27(37-4)17-11-22)19-24-18-23(21-8-6-5-7-9-21)20-35-28(24)31-32-33-35/h5-18,20H,19H2,1-4H3. The maximum absolute atomic E-state index is 13.9. The molecule has 0 radical (unpaired) electrons. The van der Waals surface area contributed by atoms with Crippen molar-refractivity contribution in [2.75, 3.05) is 12.0 Å². The molecule has 186 valence electrons. The number of ether oxygens (including phenoxy) is 1. The van der Waals surface area contributed by atoms with Crippen LogP contribution in [0.4, 0.5) is 5.69 Å². The molecule has 3 aromatic carbocycles. The van der Waals surface area contributed by atoms with E-state index in [1.54, 1.807) is 40.8 Å². The molecule has 1 amide bonds. The van der Waals surface area contributed by atoms with E-state index in [-0.39, 0.29) is 11.3 Å². The molecular weight excluding hydrogens is 462 g/mol. The van der Waals surface area contributed by atoms with Gasteiger partial charge in [-0.2, -0.15) is 4.52 Å². The van der Waals surface area contributed by atoms with Gasteiger partial charge in [0.05, 0.1) is 13.7 Å². The van der Waals surface area contributed by atoms with Crippen LogP contribution in [0.3, 0.4) is 0 Å². The predicted molar refractivity (Wildman–Crippen MR) is 145 cm³/mol. The molecule has 0 spiro atoms. The van der Waals surface area contributed by atoms with Gasteiger partial charge in [-0.1, -0.05) is 63.2 Å². The summed E-state index contributed by atoms with van der Waals surface area (Å²) < 4.78 is 6.94. The normalized spacial score (nSPS) is 11.5. The summed E-state index contributed by atoms with van der Waals surface area (Å²) in [6.45, 7) is 6.81. The second-order valence-corrected chi connectivity index (χ2v) is 9.98. The van der Waals surface area contributed by atoms with Crippen LogP contribution in [0, 0.1) is 0 Å². The number of amides is 1. The Morgan fingerprint density at radius 1 is 0.919 bits per heavy atom. The summed E-state index contributed by atoms with van der Waals surface area (Å²) in [7, 11) is 1.61. The van der Waals surface area contributed by atoms with E-state index in [0.717, 1.165) is 22.4 Å². The minimum Gasteiger partial charge on any atom is -0.497 e. The fourth-order valence-electron chi connectivity index (χ4n) is 4.30. The zero-order chi connectivity index (χ0) is 26.0. The molecule has 0 N–H and O–H groups in total. The zero-order valence-electron chi connectivity index (χ0n) is 21.4. The van der Waals surface area contributed by atoms with Crippen molar-refractivity contribution >= 4 is 17.2 Å². The van der Waals surface area contributed by atoms with Crippen LogP contribution in [-0.2, 0) is 12.0 Å². The number of pyridine rings is 1. The second kappa shape index (κ2) is 9.85. The molecule has 5 rings (SSSR count). The van der Waals surface area contributed by atoms with Crippen molar-refractivity contribution in [3.63, 3.8) is 0 Å². The van der Waals surface area contributed by atoms with Crippen molar-refractivity contribution in [1.29, 1.82) is 0 Å². The van der Waals surface area contributed by atoms with E-state index in [9.17, 15) is 4.79 Å². The molecule has 7 heteroatoms. The highest BCUT2D eigenvalue weighted by Gasteiger charge is 2.22. The van der Waals surface area contributed by atoms with Gasteiger partial charge >= 0.3 is 0 Å². The Labute approximate surface area is 216 Å². The van der Waals surface area contributed by atoms with E-state index < -0.39 is 0 Å². The quantitative estimate of drug-likeness (QED) is 0.294. The maximum atomic E-state index is 13.9. The summed E-state index contributed by atoms with van der Waals surface area (Å²) in [5.74, 6) is 0.575. The van der Waals surface area contributed by atoms with Gasteiger partial charge in [-0.15, -0.1) is 5.10 Å². The van der Waals surface area contributed by atoms with Crippen LogP contribution < -0.4 is 9.64 Å². The number of anilines is 1. The van der Waals surface area contributed by atoms with Crippen LogP contribution in [-0.4, -0.2) is 33.1 Å². The number of tetrazole rings is 1. The fourth-order valence-corrected chi connectivity index (χ4v) is 4.30. The number of rotatable bonds is 6. The van der Waals surface area contributed by atoms with Crippen molar-refractivity contribution in [3.05, 3.63) is 108 Å². The lowest BCUT2D eigenvalue weighted by Gasteiger charge is -2.25. The lowest BCUT2D eigenvalue weighted by Crippen LogP contribution is -2.31. The molecule has 0 unspecified atom stereocenters. The molecule has 0 bridgehead atoms. The predicted octanol–water partition coefficient (Wildman–Crippen LogP) is 5.94. The van der Waals surface area contributed by atoms with Gasteiger partial charge in [-0.25, -0.2) is 0 Å². The van der Waals surface area contributed by atoms with Gasteiger partial charge in [0.1, 0.15) is 5.75 Å². The number of nitrogens with zero attached hydrogens (tertiary/aromatic N) is 5. The van der Waals surface area contributed by atoms with Gasteiger partial charge in [0.2, 0.25) is 0 Å². The SMILES string of the molecule is COc1ccc(C(=O)N(Cc2cc(-c3ccccc3)cn3nnnc23)c2ccc(C(C)(C)C)cc2)cc1. The smallest absolute Gasteiger partial charge is 0.258 e. The third kappa shape index (κ3) is 5.07. The molecule has 0 saturated carbocycles. The molecule has 0 atom stereocenters. The molecule has 5 aromatic rings. The third-order valence-electron chi connectivity index (χ3n) is 6.43. The average molecular weight is 492 g/mol. The van der Waals surface area contributed by atoms with Crippen LogP contribution >= 0.6 is 0 Å². The molecule has 0 fully saturated rings. The lowest BCUT2D eigenvalue weighted by atomic mass is 9.87. The van der Waals surface area contributed by atoms with Gasteiger partial charge in [-0.3, -0.25) is 4.79 Å². The highest BCUT2D eigenvalue weighted by atomic mass is 16.5.